The fourth-order valence-electron chi connectivity index (χ4n) is 1.18. The number of aryl methyl sites for hydroxylation is 1. The zero-order chi connectivity index (χ0) is 6.27. The predicted molar refractivity (Wildman–Crippen MR) is 34.6 cm³/mol. The molecule has 46 valence electrons. The van der Waals surface area contributed by atoms with Crippen LogP contribution in [0.15, 0.2) is 18.6 Å². The summed E-state index contributed by atoms with van der Waals surface area (Å²) < 4.78 is 4.21. The van der Waals surface area contributed by atoms with Crippen molar-refractivity contribution in [3.05, 3.63) is 24.3 Å². The first-order valence-corrected chi connectivity index (χ1v) is 3.09. The minimum atomic E-state index is 1.08. The molecule has 0 fully saturated rings. The first kappa shape index (κ1) is 4.79. The Hall–Kier alpha value is -1.05. The van der Waals surface area contributed by atoms with Crippen LogP contribution in [-0.4, -0.2) is 4.57 Å². The molecule has 0 aliphatic carbocycles. The van der Waals surface area contributed by atoms with Crippen LogP contribution in [0.4, 0.5) is 0 Å². The molecule has 0 unspecified atom stereocenters. The summed E-state index contributed by atoms with van der Waals surface area (Å²) in [5.74, 6) is 0. The van der Waals surface area contributed by atoms with Crippen LogP contribution < -0.4 is 4.57 Å². The smallest absolute Gasteiger partial charge is 0.239 e. The summed E-state index contributed by atoms with van der Waals surface area (Å²) in [6.07, 6.45) is 9.55. The van der Waals surface area contributed by atoms with Gasteiger partial charge in [0.1, 0.15) is 6.20 Å². The third-order valence-corrected chi connectivity index (χ3v) is 1.58. The normalized spacial score (nSPS) is 14.3. The fraction of sp³-hybridized carbons (Fsp3) is 0.286. The van der Waals surface area contributed by atoms with E-state index < -0.39 is 0 Å². The van der Waals surface area contributed by atoms with Gasteiger partial charge in [0.2, 0.25) is 6.33 Å². The van der Waals surface area contributed by atoms with Crippen LogP contribution in [0.5, 0.6) is 0 Å². The first-order chi connectivity index (χ1) is 4.36. The Morgan fingerprint density at radius 3 is 3.33 bits per heavy atom. The Bertz CT molecular complexity index is 258. The van der Waals surface area contributed by atoms with Gasteiger partial charge in [0.05, 0.1) is 13.2 Å². The SMILES string of the molecule is C[n+]1cc2n(c1)C=CC2. The summed E-state index contributed by atoms with van der Waals surface area (Å²) in [6, 6.07) is 0. The van der Waals surface area contributed by atoms with E-state index >= 15 is 0 Å². The lowest BCUT2D eigenvalue weighted by molar-refractivity contribution is -0.670. The van der Waals surface area contributed by atoms with Gasteiger partial charge in [-0.3, -0.25) is 0 Å². The monoisotopic (exact) mass is 121 g/mol. The number of allylic oxidation sites excluding steroid dienone is 1. The van der Waals surface area contributed by atoms with Crippen LogP contribution in [0.1, 0.15) is 5.69 Å². The Balaban J connectivity index is 2.61. The van der Waals surface area contributed by atoms with E-state index in [4.69, 9.17) is 0 Å². The van der Waals surface area contributed by atoms with E-state index in [1.54, 1.807) is 0 Å². The van der Waals surface area contributed by atoms with Gasteiger partial charge >= 0.3 is 0 Å². The zero-order valence-electron chi connectivity index (χ0n) is 5.41. The van der Waals surface area contributed by atoms with Crippen molar-refractivity contribution in [2.24, 2.45) is 7.05 Å². The van der Waals surface area contributed by atoms with Crippen molar-refractivity contribution < 1.29 is 4.57 Å². The van der Waals surface area contributed by atoms with Crippen molar-refractivity contribution in [1.29, 1.82) is 0 Å². The van der Waals surface area contributed by atoms with Crippen LogP contribution in [0.25, 0.3) is 6.20 Å². The quantitative estimate of drug-likeness (QED) is 0.438. The summed E-state index contributed by atoms with van der Waals surface area (Å²) >= 11 is 0. The molecule has 0 saturated heterocycles. The van der Waals surface area contributed by atoms with Gasteiger partial charge in [0, 0.05) is 6.42 Å². The second-order valence-electron chi connectivity index (χ2n) is 2.40. The van der Waals surface area contributed by atoms with Crippen LogP contribution in [0.2, 0.25) is 0 Å². The molecule has 2 rings (SSSR count). The van der Waals surface area contributed by atoms with E-state index in [1.807, 2.05) is 7.05 Å². The van der Waals surface area contributed by atoms with Gasteiger partial charge in [-0.15, -0.1) is 0 Å². The van der Waals surface area contributed by atoms with E-state index in [0.29, 0.717) is 0 Å². The minimum absolute atomic E-state index is 1.08. The number of fused-ring (bicyclic) bond motifs is 1. The second-order valence-corrected chi connectivity index (χ2v) is 2.40. The number of rotatable bonds is 0. The van der Waals surface area contributed by atoms with Gasteiger partial charge < -0.3 is 0 Å². The summed E-state index contributed by atoms with van der Waals surface area (Å²) in [4.78, 5) is 0. The molecule has 1 aliphatic rings. The molecule has 0 aromatic carbocycles. The van der Waals surface area contributed by atoms with Crippen molar-refractivity contribution in [1.82, 2.24) is 4.57 Å². The lowest BCUT2D eigenvalue weighted by Crippen LogP contribution is -2.23. The molecule has 0 N–H and O–H groups in total. The fourth-order valence-corrected chi connectivity index (χ4v) is 1.18. The highest BCUT2D eigenvalue weighted by Crippen LogP contribution is 2.06. The van der Waals surface area contributed by atoms with Crippen molar-refractivity contribution in [3.8, 4) is 0 Å². The Morgan fingerprint density at radius 1 is 1.67 bits per heavy atom. The summed E-state index contributed by atoms with van der Waals surface area (Å²) in [7, 11) is 2.04. The van der Waals surface area contributed by atoms with Crippen molar-refractivity contribution in [2.75, 3.05) is 0 Å². The van der Waals surface area contributed by atoms with Gasteiger partial charge in [0.25, 0.3) is 0 Å². The molecule has 1 aliphatic heterocycles. The Labute approximate surface area is 54.0 Å². The maximum absolute atomic E-state index is 2.16. The van der Waals surface area contributed by atoms with Crippen LogP contribution in [0, 0.1) is 0 Å². The summed E-state index contributed by atoms with van der Waals surface area (Å²) in [5.41, 5.74) is 1.37. The lowest BCUT2D eigenvalue weighted by atomic mass is 10.4. The van der Waals surface area contributed by atoms with E-state index in [1.165, 1.54) is 5.69 Å². The van der Waals surface area contributed by atoms with E-state index in [0.717, 1.165) is 6.42 Å². The highest BCUT2D eigenvalue weighted by molar-refractivity contribution is 5.32. The molecule has 0 saturated carbocycles. The summed E-state index contributed by atoms with van der Waals surface area (Å²) in [6.45, 7) is 0. The molecule has 2 nitrogen and oxygen atoms in total. The molecule has 2 heteroatoms. The van der Waals surface area contributed by atoms with Gasteiger partial charge in [-0.2, -0.15) is 0 Å². The second kappa shape index (κ2) is 1.47. The van der Waals surface area contributed by atoms with E-state index in [-0.39, 0.29) is 0 Å². The molecule has 1 aromatic rings. The first-order valence-electron chi connectivity index (χ1n) is 3.09. The molecule has 2 heterocycles. The minimum Gasteiger partial charge on any atom is -0.239 e. The topological polar surface area (TPSA) is 8.81 Å². The largest absolute Gasteiger partial charge is 0.248 e. The lowest BCUT2D eigenvalue weighted by Gasteiger charge is -1.76. The van der Waals surface area contributed by atoms with Crippen LogP contribution in [-0.2, 0) is 13.5 Å². The Kier molecular flexibility index (Phi) is 0.781. The standard InChI is InChI=1S/C7H9N2/c1-8-5-7-3-2-4-9(7)6-8/h2,4-6H,3H2,1H3/q+1. The van der Waals surface area contributed by atoms with Crippen molar-refractivity contribution >= 4 is 6.20 Å². The predicted octanol–water partition coefficient (Wildman–Crippen LogP) is 0.339. The highest BCUT2D eigenvalue weighted by Gasteiger charge is 2.11. The number of nitrogens with zero attached hydrogens (tertiary/aromatic N) is 2. The average molecular weight is 121 g/mol. The third kappa shape index (κ3) is 0.593. The van der Waals surface area contributed by atoms with Gasteiger partial charge in [-0.05, 0) is 6.08 Å². The van der Waals surface area contributed by atoms with E-state index in [2.05, 4.69) is 33.9 Å². The molecule has 0 spiro atoms. The molecule has 0 bridgehead atoms. The molecule has 0 amide bonds. The maximum atomic E-state index is 2.16. The van der Waals surface area contributed by atoms with Gasteiger partial charge in [0.15, 0.2) is 5.69 Å². The number of imidazole rings is 1. The van der Waals surface area contributed by atoms with E-state index in [9.17, 15) is 0 Å². The molecule has 0 atom stereocenters. The third-order valence-electron chi connectivity index (χ3n) is 1.58. The van der Waals surface area contributed by atoms with Crippen LogP contribution >= 0.6 is 0 Å². The van der Waals surface area contributed by atoms with Crippen LogP contribution in [0.3, 0.4) is 0 Å². The number of hydrogen-bond acceptors (Lipinski definition) is 0. The number of aromatic nitrogens is 2. The molecular formula is C7H9N2+. The molecule has 9 heavy (non-hydrogen) atoms. The van der Waals surface area contributed by atoms with Gasteiger partial charge in [-0.25, -0.2) is 9.13 Å². The van der Waals surface area contributed by atoms with Crippen molar-refractivity contribution in [3.63, 3.8) is 0 Å². The highest BCUT2D eigenvalue weighted by atomic mass is 15.1. The Morgan fingerprint density at radius 2 is 2.56 bits per heavy atom. The van der Waals surface area contributed by atoms with Crippen molar-refractivity contribution in [2.45, 2.75) is 6.42 Å². The average Bonchev–Trinajstić information content (AvgIpc) is 2.22. The molecule has 1 aromatic heterocycles. The summed E-state index contributed by atoms with van der Waals surface area (Å²) in [5, 5.41) is 0. The molecule has 0 radical (unpaired) electrons. The zero-order valence-corrected chi connectivity index (χ0v) is 5.41. The maximum Gasteiger partial charge on any atom is 0.248 e. The molecular weight excluding hydrogens is 112 g/mol. The number of hydrogen-bond donors (Lipinski definition) is 0. The van der Waals surface area contributed by atoms with Gasteiger partial charge in [-0.1, -0.05) is 0 Å².